The first-order valence-corrected chi connectivity index (χ1v) is 7.61. The molecule has 0 radical (unpaired) electrons. The first-order valence-electron chi connectivity index (χ1n) is 7.61. The Kier molecular flexibility index (Phi) is 6.84. The van der Waals surface area contributed by atoms with Gasteiger partial charge in [0.25, 0.3) is 5.91 Å². The summed E-state index contributed by atoms with van der Waals surface area (Å²) in [6.07, 6.45) is 4.65. The molecule has 0 aromatic carbocycles. The van der Waals surface area contributed by atoms with Crippen LogP contribution in [0, 0.1) is 5.92 Å². The van der Waals surface area contributed by atoms with E-state index in [0.717, 1.165) is 0 Å². The summed E-state index contributed by atoms with van der Waals surface area (Å²) < 4.78 is 0. The number of ketones is 1. The van der Waals surface area contributed by atoms with Gasteiger partial charge in [-0.05, 0) is 26.2 Å². The van der Waals surface area contributed by atoms with Crippen molar-refractivity contribution < 1.29 is 19.6 Å². The molecule has 126 valence electrons. The fourth-order valence-corrected chi connectivity index (χ4v) is 2.24. The van der Waals surface area contributed by atoms with Crippen LogP contribution in [0.5, 0.6) is 0 Å². The summed E-state index contributed by atoms with van der Waals surface area (Å²) in [6.45, 7) is 7.06. The third kappa shape index (κ3) is 6.07. The Morgan fingerprint density at radius 1 is 1.30 bits per heavy atom. The minimum absolute atomic E-state index is 0.0242. The topological polar surface area (TPSA) is 112 Å². The molecule has 0 aliphatic carbocycles. The average Bonchev–Trinajstić information content (AvgIpc) is 2.46. The van der Waals surface area contributed by atoms with Crippen LogP contribution in [0.3, 0.4) is 0 Å². The second-order valence-electron chi connectivity index (χ2n) is 6.60. The Bertz CT molecular complexity index is 535. The first-order chi connectivity index (χ1) is 10.6. The number of hydrogen-bond acceptors (Lipinski definition) is 6. The van der Waals surface area contributed by atoms with Gasteiger partial charge in [-0.1, -0.05) is 13.8 Å². The minimum Gasteiger partial charge on any atom is -0.427 e. The van der Waals surface area contributed by atoms with Gasteiger partial charge in [0, 0.05) is 24.6 Å². The molecular formula is C15H24BN3O4. The Morgan fingerprint density at radius 2 is 1.96 bits per heavy atom. The van der Waals surface area contributed by atoms with Gasteiger partial charge in [-0.15, -0.1) is 0 Å². The molecular weight excluding hydrogens is 297 g/mol. The number of rotatable bonds is 8. The summed E-state index contributed by atoms with van der Waals surface area (Å²) in [5.41, 5.74) is -1.02. The van der Waals surface area contributed by atoms with Crippen LogP contribution in [0.1, 0.15) is 51.0 Å². The number of hydrogen-bond donors (Lipinski definition) is 3. The smallest absolute Gasteiger partial charge is 0.427 e. The highest BCUT2D eigenvalue weighted by molar-refractivity contribution is 6.43. The summed E-state index contributed by atoms with van der Waals surface area (Å²) >= 11 is 0. The predicted molar refractivity (Wildman–Crippen MR) is 86.6 cm³/mol. The Morgan fingerprint density at radius 3 is 2.43 bits per heavy atom. The quantitative estimate of drug-likeness (QED) is 0.612. The van der Waals surface area contributed by atoms with Gasteiger partial charge < -0.3 is 15.4 Å². The van der Waals surface area contributed by atoms with E-state index in [-0.39, 0.29) is 23.8 Å². The van der Waals surface area contributed by atoms with Gasteiger partial charge in [-0.25, -0.2) is 4.98 Å². The monoisotopic (exact) mass is 321 g/mol. The molecule has 1 atom stereocenters. The predicted octanol–water partition coefficient (Wildman–Crippen LogP) is 0.833. The molecule has 23 heavy (non-hydrogen) atoms. The molecule has 1 aromatic rings. The number of nitrogens with one attached hydrogen (secondary N) is 1. The molecule has 1 heterocycles. The minimum atomic E-state index is -1.56. The van der Waals surface area contributed by atoms with Gasteiger partial charge in [0.1, 0.15) is 5.69 Å². The molecule has 0 fully saturated rings. The maximum absolute atomic E-state index is 12.5. The molecule has 0 aliphatic rings. The summed E-state index contributed by atoms with van der Waals surface area (Å²) in [5, 5.41) is 21.5. The van der Waals surface area contributed by atoms with Gasteiger partial charge in [0.15, 0.2) is 5.78 Å². The van der Waals surface area contributed by atoms with Crippen molar-refractivity contribution >= 4 is 18.8 Å². The van der Waals surface area contributed by atoms with Crippen LogP contribution in [0.4, 0.5) is 0 Å². The van der Waals surface area contributed by atoms with E-state index in [1.807, 2.05) is 13.8 Å². The molecule has 1 amide bonds. The number of carbonyl (C=O) groups excluding carboxylic acids is 2. The maximum Gasteiger partial charge on any atom is 0.455 e. The van der Waals surface area contributed by atoms with E-state index in [4.69, 9.17) is 0 Å². The van der Waals surface area contributed by atoms with E-state index in [0.29, 0.717) is 6.42 Å². The molecule has 8 heteroatoms. The molecule has 0 saturated carbocycles. The Balaban J connectivity index is 2.74. The van der Waals surface area contributed by atoms with Crippen molar-refractivity contribution in [2.24, 2.45) is 5.92 Å². The lowest BCUT2D eigenvalue weighted by Crippen LogP contribution is -2.50. The van der Waals surface area contributed by atoms with Crippen molar-refractivity contribution in [1.82, 2.24) is 15.3 Å². The second kappa shape index (κ2) is 8.17. The van der Waals surface area contributed by atoms with E-state index in [1.54, 1.807) is 13.8 Å². The summed E-state index contributed by atoms with van der Waals surface area (Å²) in [7, 11) is -1.56. The van der Waals surface area contributed by atoms with Crippen LogP contribution in [0.25, 0.3) is 0 Å². The molecule has 1 aromatic heterocycles. The summed E-state index contributed by atoms with van der Waals surface area (Å²) in [6, 6.07) is 0. The third-order valence-corrected chi connectivity index (χ3v) is 3.56. The molecule has 0 unspecified atom stereocenters. The van der Waals surface area contributed by atoms with Gasteiger partial charge in [0.05, 0.1) is 11.7 Å². The van der Waals surface area contributed by atoms with Crippen molar-refractivity contribution in [2.45, 2.75) is 51.9 Å². The Hall–Kier alpha value is -1.80. The van der Waals surface area contributed by atoms with Crippen molar-refractivity contribution in [1.29, 1.82) is 0 Å². The Labute approximate surface area is 136 Å². The van der Waals surface area contributed by atoms with E-state index in [1.165, 1.54) is 18.6 Å². The van der Waals surface area contributed by atoms with Crippen molar-refractivity contribution in [2.75, 3.05) is 0 Å². The van der Waals surface area contributed by atoms with E-state index in [9.17, 15) is 19.6 Å². The van der Waals surface area contributed by atoms with E-state index < -0.39 is 24.4 Å². The SMILES string of the molecule is CC(C)C[C@H](CC(=O)C(C)(C)NC(=O)c1cnccn1)B(O)O. The van der Waals surface area contributed by atoms with Crippen LogP contribution >= 0.6 is 0 Å². The second-order valence-corrected chi connectivity index (χ2v) is 6.60. The number of amides is 1. The number of carbonyl (C=O) groups is 2. The lowest BCUT2D eigenvalue weighted by atomic mass is 9.65. The normalized spacial score (nSPS) is 12.8. The molecule has 7 nitrogen and oxygen atoms in total. The molecule has 0 bridgehead atoms. The van der Waals surface area contributed by atoms with Gasteiger partial charge in [0.2, 0.25) is 0 Å². The fourth-order valence-electron chi connectivity index (χ4n) is 2.24. The molecule has 0 aliphatic heterocycles. The van der Waals surface area contributed by atoms with Crippen LogP contribution in [0.15, 0.2) is 18.6 Å². The molecule has 0 saturated heterocycles. The van der Waals surface area contributed by atoms with Gasteiger partial charge in [-0.2, -0.15) is 0 Å². The zero-order valence-electron chi connectivity index (χ0n) is 14.0. The maximum atomic E-state index is 12.5. The highest BCUT2D eigenvalue weighted by Gasteiger charge is 2.35. The number of Topliss-reactive ketones (excluding diaryl/α,β-unsaturated/α-hetero) is 1. The van der Waals surface area contributed by atoms with E-state index in [2.05, 4.69) is 15.3 Å². The highest BCUT2D eigenvalue weighted by atomic mass is 16.4. The molecule has 0 spiro atoms. The van der Waals surface area contributed by atoms with Crippen LogP contribution in [-0.4, -0.2) is 44.4 Å². The largest absolute Gasteiger partial charge is 0.455 e. The number of nitrogens with zero attached hydrogens (tertiary/aromatic N) is 2. The van der Waals surface area contributed by atoms with Crippen LogP contribution in [0.2, 0.25) is 5.82 Å². The lowest BCUT2D eigenvalue weighted by Gasteiger charge is -2.27. The summed E-state index contributed by atoms with van der Waals surface area (Å²) in [4.78, 5) is 32.2. The third-order valence-electron chi connectivity index (χ3n) is 3.56. The average molecular weight is 321 g/mol. The van der Waals surface area contributed by atoms with Crippen LogP contribution < -0.4 is 5.32 Å². The van der Waals surface area contributed by atoms with E-state index >= 15 is 0 Å². The standard InChI is InChI=1S/C15H24BN3O4/c1-10(2)7-11(16(22)23)8-13(20)15(3,4)19-14(21)12-9-17-5-6-18-12/h5-6,9-11,22-23H,7-8H2,1-4H3,(H,19,21)/t11-/m1/s1. The van der Waals surface area contributed by atoms with Crippen molar-refractivity contribution in [3.8, 4) is 0 Å². The molecule has 1 rings (SSSR count). The van der Waals surface area contributed by atoms with Crippen LogP contribution in [-0.2, 0) is 4.79 Å². The lowest BCUT2D eigenvalue weighted by molar-refractivity contribution is -0.124. The first kappa shape index (κ1) is 19.3. The number of aromatic nitrogens is 2. The molecule has 3 N–H and O–H groups in total. The van der Waals surface area contributed by atoms with Gasteiger partial charge >= 0.3 is 7.12 Å². The highest BCUT2D eigenvalue weighted by Crippen LogP contribution is 2.25. The zero-order chi connectivity index (χ0) is 17.6. The fraction of sp³-hybridized carbons (Fsp3) is 0.600. The zero-order valence-corrected chi connectivity index (χ0v) is 14.0. The van der Waals surface area contributed by atoms with Crippen molar-refractivity contribution in [3.63, 3.8) is 0 Å². The van der Waals surface area contributed by atoms with Gasteiger partial charge in [-0.3, -0.25) is 14.6 Å². The summed E-state index contributed by atoms with van der Waals surface area (Å²) in [5.74, 6) is -1.10. The van der Waals surface area contributed by atoms with Crippen molar-refractivity contribution in [3.05, 3.63) is 24.3 Å².